The highest BCUT2D eigenvalue weighted by Crippen LogP contribution is 2.13. The Hall–Kier alpha value is -1.09. The highest BCUT2D eigenvalue weighted by molar-refractivity contribution is 5.27. The molecule has 1 N–H and O–H groups in total. The van der Waals surface area contributed by atoms with Crippen molar-refractivity contribution in [3.63, 3.8) is 0 Å². The molecule has 1 aromatic heterocycles. The summed E-state index contributed by atoms with van der Waals surface area (Å²) in [4.78, 5) is 12.3. The van der Waals surface area contributed by atoms with Crippen LogP contribution in [0.1, 0.15) is 56.9 Å². The molecule has 0 aliphatic rings. The maximum Gasteiger partial charge on any atom is 0.256 e. The number of aryl methyl sites for hydroxylation is 1. The summed E-state index contributed by atoms with van der Waals surface area (Å²) in [5.74, 6) is 0. The zero-order valence-electron chi connectivity index (χ0n) is 11.8. The fourth-order valence-corrected chi connectivity index (χ4v) is 2.33. The minimum atomic E-state index is -0.162. The molecule has 3 nitrogen and oxygen atoms in total. The molecule has 0 aliphatic carbocycles. The number of unbranched alkanes of at least 4 members (excludes halogenated alkanes) is 1. The summed E-state index contributed by atoms with van der Waals surface area (Å²) in [5.41, 5.74) is 2.89. The van der Waals surface area contributed by atoms with Gasteiger partial charge in [0.1, 0.15) is 0 Å². The van der Waals surface area contributed by atoms with Crippen LogP contribution in [-0.2, 0) is 26.0 Å². The number of hydrogen-bond donors (Lipinski definition) is 1. The van der Waals surface area contributed by atoms with Crippen molar-refractivity contribution in [3.8, 4) is 0 Å². The molecule has 0 unspecified atom stereocenters. The van der Waals surface area contributed by atoms with Crippen LogP contribution in [0, 0.1) is 0 Å². The van der Waals surface area contributed by atoms with Crippen molar-refractivity contribution < 1.29 is 5.11 Å². The lowest BCUT2D eigenvalue weighted by Gasteiger charge is -2.17. The largest absolute Gasteiger partial charge is 0.391 e. The number of aliphatic hydroxyl groups is 1. The first kappa shape index (κ1) is 15.0. The van der Waals surface area contributed by atoms with Crippen LogP contribution < -0.4 is 5.56 Å². The quantitative estimate of drug-likeness (QED) is 0.809. The number of pyridine rings is 1. The Labute approximate surface area is 109 Å². The lowest BCUT2D eigenvalue weighted by molar-refractivity contribution is 0.278. The molecule has 0 radical (unpaired) electrons. The molecule has 1 heterocycles. The van der Waals surface area contributed by atoms with Crippen LogP contribution >= 0.6 is 0 Å². The van der Waals surface area contributed by atoms with Gasteiger partial charge in [-0.3, -0.25) is 4.79 Å². The van der Waals surface area contributed by atoms with Crippen molar-refractivity contribution in [2.45, 2.75) is 66.0 Å². The molecule has 0 spiro atoms. The second-order valence-corrected chi connectivity index (χ2v) is 4.71. The van der Waals surface area contributed by atoms with Gasteiger partial charge in [0.15, 0.2) is 0 Å². The van der Waals surface area contributed by atoms with E-state index in [4.69, 9.17) is 0 Å². The van der Waals surface area contributed by atoms with Crippen LogP contribution in [0.15, 0.2) is 10.9 Å². The third-order valence-corrected chi connectivity index (χ3v) is 3.34. The first-order valence-corrected chi connectivity index (χ1v) is 7.04. The van der Waals surface area contributed by atoms with E-state index >= 15 is 0 Å². The average molecular weight is 251 g/mol. The monoisotopic (exact) mass is 251 g/mol. The van der Waals surface area contributed by atoms with Gasteiger partial charge < -0.3 is 9.67 Å². The molecule has 0 amide bonds. The normalized spacial score (nSPS) is 10.9. The van der Waals surface area contributed by atoms with Gasteiger partial charge in [0, 0.05) is 17.8 Å². The number of rotatable bonds is 7. The average Bonchev–Trinajstić information content (AvgIpc) is 2.39. The summed E-state index contributed by atoms with van der Waals surface area (Å²) in [7, 11) is 0. The molecule has 1 rings (SSSR count). The Morgan fingerprint density at radius 1 is 1.17 bits per heavy atom. The van der Waals surface area contributed by atoms with E-state index in [-0.39, 0.29) is 12.2 Å². The van der Waals surface area contributed by atoms with Crippen LogP contribution in [0.2, 0.25) is 0 Å². The second kappa shape index (κ2) is 7.37. The van der Waals surface area contributed by atoms with Crippen molar-refractivity contribution in [3.05, 3.63) is 33.2 Å². The van der Waals surface area contributed by atoms with E-state index in [1.165, 1.54) is 5.56 Å². The van der Waals surface area contributed by atoms with E-state index in [9.17, 15) is 9.90 Å². The minimum absolute atomic E-state index is 0.00778. The maximum atomic E-state index is 12.3. The van der Waals surface area contributed by atoms with Crippen LogP contribution in [0.25, 0.3) is 0 Å². The zero-order valence-corrected chi connectivity index (χ0v) is 11.8. The topological polar surface area (TPSA) is 42.2 Å². The predicted molar refractivity (Wildman–Crippen MR) is 74.9 cm³/mol. The van der Waals surface area contributed by atoms with Crippen LogP contribution in [0.5, 0.6) is 0 Å². The molecule has 102 valence electrons. The number of hydrogen-bond acceptors (Lipinski definition) is 2. The molecule has 0 atom stereocenters. The molecule has 0 saturated heterocycles. The van der Waals surface area contributed by atoms with Crippen LogP contribution in [0.4, 0.5) is 0 Å². The van der Waals surface area contributed by atoms with Gasteiger partial charge in [0.05, 0.1) is 6.61 Å². The first-order chi connectivity index (χ1) is 8.69. The Balaban J connectivity index is 3.33. The first-order valence-electron chi connectivity index (χ1n) is 7.04. The molecule has 1 aromatic rings. The summed E-state index contributed by atoms with van der Waals surface area (Å²) in [6.07, 6.45) is 4.97. The fraction of sp³-hybridized carbons (Fsp3) is 0.667. The molecular formula is C15H25NO2. The van der Waals surface area contributed by atoms with Gasteiger partial charge >= 0.3 is 0 Å². The van der Waals surface area contributed by atoms with Crippen molar-refractivity contribution in [1.82, 2.24) is 4.57 Å². The van der Waals surface area contributed by atoms with Crippen LogP contribution in [0.3, 0.4) is 0 Å². The molecule has 3 heteroatoms. The van der Waals surface area contributed by atoms with Crippen molar-refractivity contribution in [2.24, 2.45) is 0 Å². The summed E-state index contributed by atoms with van der Waals surface area (Å²) in [6.45, 7) is 6.97. The Bertz CT molecular complexity index is 435. The van der Waals surface area contributed by atoms with Crippen molar-refractivity contribution in [2.75, 3.05) is 0 Å². The van der Waals surface area contributed by atoms with E-state index in [1.54, 1.807) is 0 Å². The second-order valence-electron chi connectivity index (χ2n) is 4.71. The van der Waals surface area contributed by atoms with E-state index < -0.39 is 0 Å². The lowest BCUT2D eigenvalue weighted by Crippen LogP contribution is -2.28. The van der Waals surface area contributed by atoms with E-state index in [1.807, 2.05) is 10.6 Å². The van der Waals surface area contributed by atoms with Gasteiger partial charge in [-0.1, -0.05) is 33.6 Å². The highest BCUT2D eigenvalue weighted by Gasteiger charge is 2.12. The van der Waals surface area contributed by atoms with Gasteiger partial charge in [0.25, 0.3) is 5.56 Å². The molecule has 0 aromatic carbocycles. The molecule has 0 fully saturated rings. The van der Waals surface area contributed by atoms with Gasteiger partial charge in [-0.15, -0.1) is 0 Å². The predicted octanol–water partition coefficient (Wildman–Crippen LogP) is 2.66. The maximum absolute atomic E-state index is 12.3. The molecule has 0 aliphatic heterocycles. The Morgan fingerprint density at radius 2 is 1.89 bits per heavy atom. The van der Waals surface area contributed by atoms with E-state index in [0.717, 1.165) is 44.3 Å². The number of nitrogens with zero attached hydrogens (tertiary/aromatic N) is 1. The third-order valence-electron chi connectivity index (χ3n) is 3.34. The summed E-state index contributed by atoms with van der Waals surface area (Å²) < 4.78 is 1.89. The fourth-order valence-electron chi connectivity index (χ4n) is 2.33. The Kier molecular flexibility index (Phi) is 6.13. The lowest BCUT2D eigenvalue weighted by atomic mass is 10.0. The summed E-state index contributed by atoms with van der Waals surface area (Å²) in [5, 5.41) is 9.30. The van der Waals surface area contributed by atoms with Gasteiger partial charge in [-0.25, -0.2) is 0 Å². The van der Waals surface area contributed by atoms with Crippen molar-refractivity contribution >= 4 is 0 Å². The summed E-state index contributed by atoms with van der Waals surface area (Å²) in [6, 6.07) is 1.88. The molecule has 18 heavy (non-hydrogen) atoms. The minimum Gasteiger partial charge on any atom is -0.391 e. The number of aromatic nitrogens is 1. The SMILES string of the molecule is CCCCn1c(CCC)c(CC)cc(CO)c1=O. The zero-order chi connectivity index (χ0) is 13.5. The standard InChI is InChI=1S/C15H25NO2/c1-4-7-9-16-14(8-5-2)12(6-3)10-13(11-17)15(16)18/h10,17H,4-9,11H2,1-3H3. The third kappa shape index (κ3) is 3.22. The Morgan fingerprint density at radius 3 is 2.39 bits per heavy atom. The van der Waals surface area contributed by atoms with Crippen LogP contribution in [-0.4, -0.2) is 9.67 Å². The van der Waals surface area contributed by atoms with E-state index in [0.29, 0.717) is 5.56 Å². The van der Waals surface area contributed by atoms with Crippen molar-refractivity contribution in [1.29, 1.82) is 0 Å². The van der Waals surface area contributed by atoms with E-state index in [2.05, 4.69) is 20.8 Å². The summed E-state index contributed by atoms with van der Waals surface area (Å²) >= 11 is 0. The van der Waals surface area contributed by atoms with Gasteiger partial charge in [-0.2, -0.15) is 0 Å². The smallest absolute Gasteiger partial charge is 0.256 e. The molecule has 0 bridgehead atoms. The molecule has 0 saturated carbocycles. The van der Waals surface area contributed by atoms with Gasteiger partial charge in [-0.05, 0) is 30.9 Å². The highest BCUT2D eigenvalue weighted by atomic mass is 16.3. The van der Waals surface area contributed by atoms with Gasteiger partial charge in [0.2, 0.25) is 0 Å². The number of aliphatic hydroxyl groups excluding tert-OH is 1. The molecular weight excluding hydrogens is 226 g/mol.